The number of piperazine rings is 1. The van der Waals surface area contributed by atoms with Crippen molar-refractivity contribution in [2.75, 3.05) is 38.1 Å². The summed E-state index contributed by atoms with van der Waals surface area (Å²) in [6.45, 7) is 5.14. The lowest BCUT2D eigenvalue weighted by atomic mass is 9.93. The predicted molar refractivity (Wildman–Crippen MR) is 156 cm³/mol. The van der Waals surface area contributed by atoms with E-state index in [0.29, 0.717) is 35.5 Å². The van der Waals surface area contributed by atoms with Crippen LogP contribution in [0.4, 0.5) is 19.3 Å². The molecule has 1 fully saturated rings. The second-order valence-electron chi connectivity index (χ2n) is 9.90. The third-order valence-corrected chi connectivity index (χ3v) is 6.99. The smallest absolute Gasteiger partial charge is 0.319 e. The quantitative estimate of drug-likeness (QED) is 0.244. The molecule has 0 unspecified atom stereocenters. The summed E-state index contributed by atoms with van der Waals surface area (Å²) in [5.41, 5.74) is 4.85. The number of benzene rings is 3. The van der Waals surface area contributed by atoms with Crippen LogP contribution in [0, 0.1) is 11.6 Å². The van der Waals surface area contributed by atoms with Crippen molar-refractivity contribution in [1.29, 1.82) is 0 Å². The lowest BCUT2D eigenvalue weighted by Gasteiger charge is -2.28. The maximum Gasteiger partial charge on any atom is 0.319 e. The van der Waals surface area contributed by atoms with Gasteiger partial charge in [-0.05, 0) is 70.3 Å². The molecule has 1 aromatic heterocycles. The number of carbonyl (C=O) groups excluding carboxylic acids is 1. The molecule has 2 amide bonds. The second kappa shape index (κ2) is 13.8. The van der Waals surface area contributed by atoms with E-state index >= 15 is 0 Å². The van der Waals surface area contributed by atoms with Crippen LogP contribution in [0.3, 0.4) is 0 Å². The van der Waals surface area contributed by atoms with Crippen LogP contribution in [-0.4, -0.2) is 48.7 Å². The third-order valence-electron chi connectivity index (χ3n) is 6.99. The average molecular weight is 558 g/mol. The van der Waals surface area contributed by atoms with Crippen molar-refractivity contribution in [3.63, 3.8) is 0 Å². The van der Waals surface area contributed by atoms with Crippen molar-refractivity contribution in [2.45, 2.75) is 19.5 Å². The molecule has 0 atom stereocenters. The number of hydrogen-bond acceptors (Lipinski definition) is 5. The Balaban J connectivity index is 1.20. The molecule has 1 saturated heterocycles. The van der Waals surface area contributed by atoms with E-state index in [1.807, 2.05) is 36.4 Å². The predicted octanol–water partition coefficient (Wildman–Crippen LogP) is 5.38. The fourth-order valence-electron chi connectivity index (χ4n) is 4.85. The number of carbonyl (C=O) groups is 1. The van der Waals surface area contributed by atoms with Gasteiger partial charge < -0.3 is 20.7 Å². The van der Waals surface area contributed by atoms with Crippen molar-refractivity contribution in [3.8, 4) is 16.9 Å². The molecular weight excluding hydrogens is 524 g/mol. The van der Waals surface area contributed by atoms with E-state index in [0.717, 1.165) is 49.4 Å². The van der Waals surface area contributed by atoms with Crippen LogP contribution < -0.4 is 20.7 Å². The van der Waals surface area contributed by atoms with Crippen molar-refractivity contribution < 1.29 is 18.3 Å². The Labute approximate surface area is 238 Å². The zero-order chi connectivity index (χ0) is 28.4. The summed E-state index contributed by atoms with van der Waals surface area (Å²) < 4.78 is 34.7. The molecule has 1 aliphatic heterocycles. The fourth-order valence-corrected chi connectivity index (χ4v) is 4.85. The van der Waals surface area contributed by atoms with Gasteiger partial charge in [-0.1, -0.05) is 30.3 Å². The van der Waals surface area contributed by atoms with Gasteiger partial charge in [0.2, 0.25) is 0 Å². The number of ether oxygens (including phenoxy) is 1. The molecule has 0 radical (unpaired) electrons. The molecule has 0 saturated carbocycles. The SMILES string of the molecule is O=C(NCc1cccnc1)Nc1ccc(OCCc2cc(F)c(F)cc2-c2ccccc2CN2CCNCC2)cc1. The van der Waals surface area contributed by atoms with Gasteiger partial charge in [-0.25, -0.2) is 13.6 Å². The average Bonchev–Trinajstić information content (AvgIpc) is 3.00. The highest BCUT2D eigenvalue weighted by Gasteiger charge is 2.17. The molecule has 2 heterocycles. The fraction of sp³-hybridized carbons (Fsp3) is 0.250. The Kier molecular flexibility index (Phi) is 9.51. The molecule has 0 spiro atoms. The minimum atomic E-state index is -0.874. The van der Waals surface area contributed by atoms with Gasteiger partial charge in [-0.15, -0.1) is 0 Å². The van der Waals surface area contributed by atoms with Gasteiger partial charge in [0.25, 0.3) is 0 Å². The first-order chi connectivity index (χ1) is 20.0. The Morgan fingerprint density at radius 2 is 1.71 bits per heavy atom. The van der Waals surface area contributed by atoms with Crippen LogP contribution in [0.15, 0.2) is 85.2 Å². The maximum absolute atomic E-state index is 14.4. The van der Waals surface area contributed by atoms with Crippen molar-refractivity contribution in [2.24, 2.45) is 0 Å². The summed E-state index contributed by atoms with van der Waals surface area (Å²) in [4.78, 5) is 18.6. The van der Waals surface area contributed by atoms with Crippen LogP contribution in [0.2, 0.25) is 0 Å². The number of anilines is 1. The Hall–Kier alpha value is -4.34. The van der Waals surface area contributed by atoms with Crippen LogP contribution in [-0.2, 0) is 19.5 Å². The van der Waals surface area contributed by atoms with Gasteiger partial charge in [-0.3, -0.25) is 9.88 Å². The first-order valence-corrected chi connectivity index (χ1v) is 13.7. The number of hydrogen-bond donors (Lipinski definition) is 3. The van der Waals surface area contributed by atoms with E-state index in [9.17, 15) is 13.6 Å². The Morgan fingerprint density at radius 1 is 0.927 bits per heavy atom. The van der Waals surface area contributed by atoms with Crippen LogP contribution in [0.5, 0.6) is 5.75 Å². The zero-order valence-corrected chi connectivity index (χ0v) is 22.7. The van der Waals surface area contributed by atoms with Gasteiger partial charge >= 0.3 is 6.03 Å². The van der Waals surface area contributed by atoms with Gasteiger partial charge in [0.05, 0.1) is 6.61 Å². The summed E-state index contributed by atoms with van der Waals surface area (Å²) in [5.74, 6) is -1.13. The lowest BCUT2D eigenvalue weighted by molar-refractivity contribution is 0.233. The lowest BCUT2D eigenvalue weighted by Crippen LogP contribution is -2.42. The van der Waals surface area contributed by atoms with E-state index in [-0.39, 0.29) is 12.6 Å². The van der Waals surface area contributed by atoms with E-state index < -0.39 is 11.6 Å². The minimum Gasteiger partial charge on any atom is -0.493 e. The summed E-state index contributed by atoms with van der Waals surface area (Å²) in [6.07, 6.45) is 3.77. The van der Waals surface area contributed by atoms with Crippen LogP contribution in [0.1, 0.15) is 16.7 Å². The molecule has 5 rings (SSSR count). The number of pyridine rings is 1. The third kappa shape index (κ3) is 7.87. The number of nitrogens with one attached hydrogen (secondary N) is 3. The first-order valence-electron chi connectivity index (χ1n) is 13.7. The minimum absolute atomic E-state index is 0.274. The number of amides is 2. The molecule has 3 aromatic carbocycles. The van der Waals surface area contributed by atoms with E-state index in [4.69, 9.17) is 4.74 Å². The maximum atomic E-state index is 14.4. The number of halogens is 2. The summed E-state index contributed by atoms with van der Waals surface area (Å²) >= 11 is 0. The van der Waals surface area contributed by atoms with Crippen LogP contribution >= 0.6 is 0 Å². The second-order valence-corrected chi connectivity index (χ2v) is 9.90. The molecule has 0 bridgehead atoms. The van der Waals surface area contributed by atoms with E-state index in [1.165, 1.54) is 12.1 Å². The largest absolute Gasteiger partial charge is 0.493 e. The molecule has 4 aromatic rings. The Bertz CT molecular complexity index is 1440. The summed E-state index contributed by atoms with van der Waals surface area (Å²) in [7, 11) is 0. The number of aromatic nitrogens is 1. The monoisotopic (exact) mass is 557 g/mol. The molecule has 3 N–H and O–H groups in total. The van der Waals surface area contributed by atoms with Gasteiger partial charge in [-0.2, -0.15) is 0 Å². The Morgan fingerprint density at radius 3 is 2.49 bits per heavy atom. The molecule has 9 heteroatoms. The normalized spacial score (nSPS) is 13.5. The molecule has 1 aliphatic rings. The highest BCUT2D eigenvalue weighted by Crippen LogP contribution is 2.31. The summed E-state index contributed by atoms with van der Waals surface area (Å²) in [6, 6.07) is 20.9. The van der Waals surface area contributed by atoms with Gasteiger partial charge in [0.1, 0.15) is 5.75 Å². The molecule has 212 valence electrons. The zero-order valence-electron chi connectivity index (χ0n) is 22.7. The van der Waals surface area contributed by atoms with E-state index in [1.54, 1.807) is 36.7 Å². The molecule has 0 aliphatic carbocycles. The number of urea groups is 1. The van der Waals surface area contributed by atoms with Crippen molar-refractivity contribution in [3.05, 3.63) is 114 Å². The topological polar surface area (TPSA) is 78.5 Å². The highest BCUT2D eigenvalue weighted by molar-refractivity contribution is 5.89. The van der Waals surface area contributed by atoms with E-state index in [2.05, 4.69) is 25.8 Å². The molecular formula is C32H33F2N5O2. The summed E-state index contributed by atoms with van der Waals surface area (Å²) in [5, 5.41) is 8.93. The van der Waals surface area contributed by atoms with Crippen LogP contribution in [0.25, 0.3) is 11.1 Å². The molecule has 41 heavy (non-hydrogen) atoms. The highest BCUT2D eigenvalue weighted by atomic mass is 19.2. The number of nitrogens with zero attached hydrogens (tertiary/aromatic N) is 2. The van der Waals surface area contributed by atoms with Crippen molar-refractivity contribution >= 4 is 11.7 Å². The number of rotatable bonds is 10. The van der Waals surface area contributed by atoms with Crippen molar-refractivity contribution in [1.82, 2.24) is 20.5 Å². The first kappa shape index (κ1) is 28.2. The van der Waals surface area contributed by atoms with Gasteiger partial charge in [0.15, 0.2) is 11.6 Å². The molecule has 7 nitrogen and oxygen atoms in total. The van der Waals surface area contributed by atoms with Gasteiger partial charge in [0, 0.05) is 63.8 Å². The standard InChI is InChI=1S/C32H33F2N5O2/c33-30-18-24(29(19-31(30)34)28-6-2-1-5-25(28)22-39-15-13-35-14-16-39)11-17-41-27-9-7-26(8-10-27)38-32(40)37-21-23-4-3-12-36-20-23/h1-10,12,18-20,35H,11,13-17,21-22H2,(H2,37,38,40).